The summed E-state index contributed by atoms with van der Waals surface area (Å²) >= 11 is 0. The minimum Gasteiger partial charge on any atom is -0.368 e. The second-order valence-corrected chi connectivity index (χ2v) is 4.09. The fourth-order valence-corrected chi connectivity index (χ4v) is 1.40. The molecule has 18 heavy (non-hydrogen) atoms. The Hall–Kier alpha value is -2.38. The van der Waals surface area contributed by atoms with E-state index in [0.717, 1.165) is 5.56 Å². The van der Waals surface area contributed by atoms with Crippen LogP contribution in [0.5, 0.6) is 0 Å². The predicted molar refractivity (Wildman–Crippen MR) is 69.1 cm³/mol. The Bertz CT molecular complexity index is 532. The third-order valence-electron chi connectivity index (χ3n) is 2.25. The molecule has 0 aromatic carbocycles. The number of nitrogens with two attached hydrogens (primary N) is 1. The topological polar surface area (TPSA) is 97.8 Å². The zero-order valence-corrected chi connectivity index (χ0v) is 10.6. The van der Waals surface area contributed by atoms with E-state index in [1.807, 2.05) is 27.3 Å². The van der Waals surface area contributed by atoms with Crippen LogP contribution < -0.4 is 16.0 Å². The molecular weight excluding hydrogens is 232 g/mol. The zero-order chi connectivity index (χ0) is 13.1. The lowest BCUT2D eigenvalue weighted by Crippen LogP contribution is -2.16. The van der Waals surface area contributed by atoms with Crippen molar-refractivity contribution >= 4 is 17.8 Å². The first-order valence-corrected chi connectivity index (χ1v) is 5.45. The number of nitrogens with one attached hydrogen (secondary N) is 1. The summed E-state index contributed by atoms with van der Waals surface area (Å²) in [5.74, 6) is 1.17. The van der Waals surface area contributed by atoms with Crippen LogP contribution in [0.3, 0.4) is 0 Å². The fraction of sp³-hybridized carbons (Fsp3) is 0.400. The molecule has 3 N–H and O–H groups in total. The number of hydrogen-bond donors (Lipinski definition) is 2. The summed E-state index contributed by atoms with van der Waals surface area (Å²) in [7, 11) is 5.56. The van der Waals surface area contributed by atoms with E-state index in [-0.39, 0.29) is 5.95 Å². The van der Waals surface area contributed by atoms with Crippen LogP contribution >= 0.6 is 0 Å². The van der Waals surface area contributed by atoms with Gasteiger partial charge in [-0.05, 0) is 0 Å². The van der Waals surface area contributed by atoms with Gasteiger partial charge in [-0.25, -0.2) is 0 Å². The van der Waals surface area contributed by atoms with Crippen molar-refractivity contribution < 1.29 is 0 Å². The van der Waals surface area contributed by atoms with E-state index < -0.39 is 0 Å². The molecular formula is C10H16N8. The van der Waals surface area contributed by atoms with Crippen LogP contribution in [0.4, 0.5) is 17.8 Å². The highest BCUT2D eigenvalue weighted by Crippen LogP contribution is 2.10. The number of hydrogen-bond acceptors (Lipinski definition) is 7. The van der Waals surface area contributed by atoms with Gasteiger partial charge in [-0.3, -0.25) is 4.68 Å². The second kappa shape index (κ2) is 4.86. The summed E-state index contributed by atoms with van der Waals surface area (Å²) in [4.78, 5) is 14.1. The van der Waals surface area contributed by atoms with Gasteiger partial charge in [-0.2, -0.15) is 20.1 Å². The molecule has 2 rings (SSSR count). The second-order valence-electron chi connectivity index (χ2n) is 4.09. The molecule has 96 valence electrons. The lowest BCUT2D eigenvalue weighted by molar-refractivity contribution is 0.767. The van der Waals surface area contributed by atoms with Gasteiger partial charge >= 0.3 is 0 Å². The van der Waals surface area contributed by atoms with Crippen molar-refractivity contribution in [3.05, 3.63) is 18.0 Å². The molecule has 0 spiro atoms. The molecule has 0 aliphatic rings. The normalized spacial score (nSPS) is 10.4. The smallest absolute Gasteiger partial charge is 0.231 e. The minimum absolute atomic E-state index is 0.197. The number of aromatic nitrogens is 5. The number of aryl methyl sites for hydroxylation is 1. The molecule has 0 aliphatic heterocycles. The molecule has 2 aromatic heterocycles. The molecule has 2 aromatic rings. The van der Waals surface area contributed by atoms with E-state index in [9.17, 15) is 0 Å². The van der Waals surface area contributed by atoms with Gasteiger partial charge in [0.25, 0.3) is 0 Å². The summed E-state index contributed by atoms with van der Waals surface area (Å²) in [5, 5.41) is 7.17. The van der Waals surface area contributed by atoms with E-state index >= 15 is 0 Å². The van der Waals surface area contributed by atoms with Crippen molar-refractivity contribution in [2.75, 3.05) is 30.0 Å². The summed E-state index contributed by atoms with van der Waals surface area (Å²) in [6.45, 7) is 0.587. The molecule has 8 nitrogen and oxygen atoms in total. The van der Waals surface area contributed by atoms with Gasteiger partial charge in [-0.1, -0.05) is 0 Å². The van der Waals surface area contributed by atoms with E-state index in [1.165, 1.54) is 0 Å². The van der Waals surface area contributed by atoms with Crippen LogP contribution in [0.15, 0.2) is 12.4 Å². The Kier molecular flexibility index (Phi) is 3.26. The first kappa shape index (κ1) is 12.1. The first-order valence-electron chi connectivity index (χ1n) is 5.45. The maximum atomic E-state index is 5.62. The van der Waals surface area contributed by atoms with Gasteiger partial charge in [0, 0.05) is 39.4 Å². The van der Waals surface area contributed by atoms with Crippen LogP contribution in [0.25, 0.3) is 0 Å². The number of nitrogen functional groups attached to an aromatic ring is 1. The van der Waals surface area contributed by atoms with Crippen LogP contribution in [-0.4, -0.2) is 38.8 Å². The molecule has 0 atom stereocenters. The average Bonchev–Trinajstić information content (AvgIpc) is 2.72. The summed E-state index contributed by atoms with van der Waals surface area (Å²) in [6.07, 6.45) is 3.70. The maximum Gasteiger partial charge on any atom is 0.231 e. The molecule has 0 radical (unpaired) electrons. The third kappa shape index (κ3) is 2.84. The Balaban J connectivity index is 2.09. The number of anilines is 3. The van der Waals surface area contributed by atoms with Crippen molar-refractivity contribution in [3.63, 3.8) is 0 Å². The van der Waals surface area contributed by atoms with Gasteiger partial charge in [0.05, 0.1) is 6.20 Å². The van der Waals surface area contributed by atoms with Gasteiger partial charge in [0.15, 0.2) is 0 Å². The number of nitrogens with zero attached hydrogens (tertiary/aromatic N) is 6. The van der Waals surface area contributed by atoms with Crippen molar-refractivity contribution in [1.82, 2.24) is 24.7 Å². The predicted octanol–water partition coefficient (Wildman–Crippen LogP) is -0.135. The van der Waals surface area contributed by atoms with E-state index in [0.29, 0.717) is 18.4 Å². The Morgan fingerprint density at radius 3 is 2.72 bits per heavy atom. The molecule has 0 unspecified atom stereocenters. The highest BCUT2D eigenvalue weighted by atomic mass is 15.3. The molecule has 8 heteroatoms. The summed E-state index contributed by atoms with van der Waals surface area (Å²) in [5.41, 5.74) is 6.67. The van der Waals surface area contributed by atoms with Crippen LogP contribution in [0.2, 0.25) is 0 Å². The molecule has 0 saturated carbocycles. The third-order valence-corrected chi connectivity index (χ3v) is 2.25. The number of rotatable bonds is 4. The Labute approximate surface area is 105 Å². The van der Waals surface area contributed by atoms with Gasteiger partial charge in [0.1, 0.15) is 0 Å². The molecule has 0 amide bonds. The molecule has 0 aliphatic carbocycles. The fourth-order valence-electron chi connectivity index (χ4n) is 1.40. The summed E-state index contributed by atoms with van der Waals surface area (Å²) < 4.78 is 1.74. The van der Waals surface area contributed by atoms with E-state index in [2.05, 4.69) is 25.4 Å². The molecule has 0 fully saturated rings. The average molecular weight is 248 g/mol. The minimum atomic E-state index is 0.197. The van der Waals surface area contributed by atoms with Gasteiger partial charge in [0.2, 0.25) is 17.8 Å². The SMILES string of the molecule is CN(C)c1nc(N)nc(NCc2cnn(C)c2)n1. The molecule has 2 heterocycles. The standard InChI is InChI=1S/C10H16N8/c1-17(2)10-15-8(11)14-9(16-10)12-4-7-5-13-18(3)6-7/h5-6H,4H2,1-3H3,(H3,11,12,14,15,16). The van der Waals surface area contributed by atoms with Crippen molar-refractivity contribution in [2.45, 2.75) is 6.54 Å². The highest BCUT2D eigenvalue weighted by molar-refractivity contribution is 5.40. The molecule has 0 saturated heterocycles. The van der Waals surface area contributed by atoms with Crippen molar-refractivity contribution in [2.24, 2.45) is 7.05 Å². The van der Waals surface area contributed by atoms with Crippen LogP contribution in [0.1, 0.15) is 5.56 Å². The van der Waals surface area contributed by atoms with Gasteiger partial charge in [-0.15, -0.1) is 0 Å². The molecule has 0 bridgehead atoms. The van der Waals surface area contributed by atoms with E-state index in [4.69, 9.17) is 5.73 Å². The van der Waals surface area contributed by atoms with Crippen LogP contribution in [0, 0.1) is 0 Å². The Morgan fingerprint density at radius 1 is 1.33 bits per heavy atom. The maximum absolute atomic E-state index is 5.62. The largest absolute Gasteiger partial charge is 0.368 e. The lowest BCUT2D eigenvalue weighted by Gasteiger charge is -2.11. The zero-order valence-electron chi connectivity index (χ0n) is 10.6. The lowest BCUT2D eigenvalue weighted by atomic mass is 10.4. The first-order chi connectivity index (χ1) is 8.54. The van der Waals surface area contributed by atoms with Crippen molar-refractivity contribution in [3.8, 4) is 0 Å². The van der Waals surface area contributed by atoms with Gasteiger partial charge < -0.3 is 16.0 Å². The summed E-state index contributed by atoms with van der Waals surface area (Å²) in [6, 6.07) is 0. The highest BCUT2D eigenvalue weighted by Gasteiger charge is 2.06. The quantitative estimate of drug-likeness (QED) is 0.777. The Morgan fingerprint density at radius 2 is 2.11 bits per heavy atom. The monoisotopic (exact) mass is 248 g/mol. The van der Waals surface area contributed by atoms with Crippen LogP contribution in [-0.2, 0) is 13.6 Å². The van der Waals surface area contributed by atoms with Crippen molar-refractivity contribution in [1.29, 1.82) is 0 Å². The van der Waals surface area contributed by atoms with E-state index in [1.54, 1.807) is 15.8 Å².